The quantitative estimate of drug-likeness (QED) is 0.739. The number of carbonyl (C=O) groups excluding carboxylic acids is 1. The number of amides is 1. The van der Waals surface area contributed by atoms with Crippen LogP contribution in [0.15, 0.2) is 18.2 Å². The van der Waals surface area contributed by atoms with Gasteiger partial charge in [0.25, 0.3) is 5.91 Å². The highest BCUT2D eigenvalue weighted by atomic mass is 19.1. The molecule has 16 heavy (non-hydrogen) atoms. The van der Waals surface area contributed by atoms with Gasteiger partial charge in [0.05, 0.1) is 6.10 Å². The maximum Gasteiger partial charge on any atom is 0.270 e. The van der Waals surface area contributed by atoms with E-state index in [0.717, 1.165) is 6.42 Å². The minimum atomic E-state index is -0.693. The molecule has 0 saturated carbocycles. The molecule has 0 fully saturated rings. The lowest BCUT2D eigenvalue weighted by molar-refractivity contribution is 0.0904. The van der Waals surface area contributed by atoms with Crippen LogP contribution in [0.2, 0.25) is 0 Å². The number of hydrogen-bond acceptors (Lipinski definition) is 3. The van der Waals surface area contributed by atoms with Crippen molar-refractivity contribution < 1.29 is 14.3 Å². The predicted molar refractivity (Wildman–Crippen MR) is 57.4 cm³/mol. The minimum Gasteiger partial charge on any atom is -0.391 e. The summed E-state index contributed by atoms with van der Waals surface area (Å²) in [5, 5.41) is 11.9. The first-order valence-electron chi connectivity index (χ1n) is 5.22. The lowest BCUT2D eigenvalue weighted by atomic mass is 10.2. The predicted octanol–water partition coefficient (Wildman–Crippen LogP) is 1.11. The molecule has 0 aliphatic rings. The number of rotatable bonds is 5. The molecule has 0 aliphatic carbocycles. The van der Waals surface area contributed by atoms with Crippen molar-refractivity contribution in [2.45, 2.75) is 25.9 Å². The number of hydrogen-bond donors (Lipinski definition) is 2. The van der Waals surface area contributed by atoms with Crippen LogP contribution in [0.3, 0.4) is 0 Å². The summed E-state index contributed by atoms with van der Waals surface area (Å²) in [6.07, 6.45) is 0.897. The topological polar surface area (TPSA) is 62.2 Å². The monoisotopic (exact) mass is 226 g/mol. The van der Waals surface area contributed by atoms with E-state index in [1.807, 2.05) is 6.92 Å². The van der Waals surface area contributed by atoms with Gasteiger partial charge in [0.1, 0.15) is 5.69 Å². The smallest absolute Gasteiger partial charge is 0.270 e. The van der Waals surface area contributed by atoms with Crippen molar-refractivity contribution in [3.05, 3.63) is 29.8 Å². The lowest BCUT2D eigenvalue weighted by Crippen LogP contribution is -2.32. The standard InChI is InChI=1S/C11H15FN2O2/c1-2-4-8(15)7-13-11(16)9-5-3-6-10(12)14-9/h3,5-6,8,15H,2,4,7H2,1H3,(H,13,16). The first-order chi connectivity index (χ1) is 7.63. The van der Waals surface area contributed by atoms with Crippen molar-refractivity contribution in [3.8, 4) is 0 Å². The van der Waals surface area contributed by atoms with E-state index in [2.05, 4.69) is 10.3 Å². The molecule has 88 valence electrons. The molecule has 1 aromatic rings. The molecule has 0 aliphatic heterocycles. The van der Waals surface area contributed by atoms with Crippen molar-refractivity contribution in [2.24, 2.45) is 0 Å². The molecule has 0 spiro atoms. The molecule has 1 unspecified atom stereocenters. The number of carbonyl (C=O) groups is 1. The highest BCUT2D eigenvalue weighted by Crippen LogP contribution is 1.98. The molecule has 1 aromatic heterocycles. The van der Waals surface area contributed by atoms with Crippen molar-refractivity contribution in [1.82, 2.24) is 10.3 Å². The van der Waals surface area contributed by atoms with Gasteiger partial charge in [-0.2, -0.15) is 4.39 Å². The molecule has 1 atom stereocenters. The van der Waals surface area contributed by atoms with Crippen LogP contribution in [0, 0.1) is 5.95 Å². The van der Waals surface area contributed by atoms with E-state index >= 15 is 0 Å². The summed E-state index contributed by atoms with van der Waals surface area (Å²) in [5.74, 6) is -1.17. The van der Waals surface area contributed by atoms with Gasteiger partial charge in [-0.1, -0.05) is 19.4 Å². The molecule has 1 amide bonds. The van der Waals surface area contributed by atoms with Gasteiger partial charge in [-0.05, 0) is 18.6 Å². The molecule has 4 nitrogen and oxygen atoms in total. The Balaban J connectivity index is 2.47. The van der Waals surface area contributed by atoms with Crippen LogP contribution >= 0.6 is 0 Å². The summed E-state index contributed by atoms with van der Waals surface area (Å²) in [7, 11) is 0. The Labute approximate surface area is 93.5 Å². The molecule has 0 saturated heterocycles. The molecule has 2 N–H and O–H groups in total. The second kappa shape index (κ2) is 6.17. The van der Waals surface area contributed by atoms with E-state index in [1.54, 1.807) is 0 Å². The minimum absolute atomic E-state index is 0.0173. The van der Waals surface area contributed by atoms with Crippen molar-refractivity contribution in [2.75, 3.05) is 6.54 Å². The zero-order chi connectivity index (χ0) is 12.0. The number of nitrogens with one attached hydrogen (secondary N) is 1. The molecule has 5 heteroatoms. The summed E-state index contributed by atoms with van der Waals surface area (Å²) in [6.45, 7) is 2.10. The van der Waals surface area contributed by atoms with Crippen LogP contribution in [0.5, 0.6) is 0 Å². The molecular weight excluding hydrogens is 211 g/mol. The number of aliphatic hydroxyl groups excluding tert-OH is 1. The molecule has 1 rings (SSSR count). The Hall–Kier alpha value is -1.49. The number of halogens is 1. The fraction of sp³-hybridized carbons (Fsp3) is 0.455. The van der Waals surface area contributed by atoms with E-state index in [-0.39, 0.29) is 12.2 Å². The van der Waals surface area contributed by atoms with E-state index in [1.165, 1.54) is 18.2 Å². The molecule has 0 radical (unpaired) electrons. The van der Waals surface area contributed by atoms with Crippen LogP contribution in [-0.4, -0.2) is 28.6 Å². The van der Waals surface area contributed by atoms with Gasteiger partial charge in [-0.3, -0.25) is 4.79 Å². The third kappa shape index (κ3) is 3.94. The Morgan fingerprint density at radius 1 is 1.62 bits per heavy atom. The van der Waals surface area contributed by atoms with E-state index in [0.29, 0.717) is 6.42 Å². The number of aromatic nitrogens is 1. The van der Waals surface area contributed by atoms with Crippen LogP contribution in [0.1, 0.15) is 30.3 Å². The largest absolute Gasteiger partial charge is 0.391 e. The molecule has 0 aromatic carbocycles. The summed E-state index contributed by atoms with van der Waals surface area (Å²) in [4.78, 5) is 14.9. The summed E-state index contributed by atoms with van der Waals surface area (Å²) >= 11 is 0. The Bertz CT molecular complexity index is 358. The first kappa shape index (κ1) is 12.6. The van der Waals surface area contributed by atoms with Gasteiger partial charge in [-0.15, -0.1) is 0 Å². The second-order valence-electron chi connectivity index (χ2n) is 3.50. The second-order valence-corrected chi connectivity index (χ2v) is 3.50. The normalized spacial score (nSPS) is 12.2. The van der Waals surface area contributed by atoms with E-state index < -0.39 is 18.0 Å². The van der Waals surface area contributed by atoms with Gasteiger partial charge in [0.2, 0.25) is 5.95 Å². The van der Waals surface area contributed by atoms with E-state index in [4.69, 9.17) is 0 Å². The average molecular weight is 226 g/mol. The van der Waals surface area contributed by atoms with E-state index in [9.17, 15) is 14.3 Å². The fourth-order valence-corrected chi connectivity index (χ4v) is 1.27. The zero-order valence-corrected chi connectivity index (χ0v) is 9.11. The average Bonchev–Trinajstić information content (AvgIpc) is 2.26. The fourth-order valence-electron chi connectivity index (χ4n) is 1.27. The number of pyridine rings is 1. The lowest BCUT2D eigenvalue weighted by Gasteiger charge is -2.10. The van der Waals surface area contributed by atoms with Crippen LogP contribution in [0.25, 0.3) is 0 Å². The number of nitrogens with zero attached hydrogens (tertiary/aromatic N) is 1. The van der Waals surface area contributed by atoms with Crippen LogP contribution in [-0.2, 0) is 0 Å². The third-order valence-electron chi connectivity index (χ3n) is 2.07. The summed E-state index contributed by atoms with van der Waals surface area (Å²) < 4.78 is 12.7. The van der Waals surface area contributed by atoms with Crippen LogP contribution < -0.4 is 5.32 Å². The Kier molecular flexibility index (Phi) is 4.85. The number of aliphatic hydroxyl groups is 1. The van der Waals surface area contributed by atoms with Crippen LogP contribution in [0.4, 0.5) is 4.39 Å². The van der Waals surface area contributed by atoms with Gasteiger partial charge in [0, 0.05) is 6.54 Å². The SMILES string of the molecule is CCCC(O)CNC(=O)c1cccc(F)n1. The Morgan fingerprint density at radius 3 is 3.00 bits per heavy atom. The maximum absolute atomic E-state index is 12.7. The van der Waals surface area contributed by atoms with Crippen molar-refractivity contribution in [3.63, 3.8) is 0 Å². The maximum atomic E-state index is 12.7. The van der Waals surface area contributed by atoms with Crippen molar-refractivity contribution in [1.29, 1.82) is 0 Å². The highest BCUT2D eigenvalue weighted by molar-refractivity contribution is 5.92. The Morgan fingerprint density at radius 2 is 2.38 bits per heavy atom. The van der Waals surface area contributed by atoms with Gasteiger partial charge in [0.15, 0.2) is 0 Å². The zero-order valence-electron chi connectivity index (χ0n) is 9.11. The van der Waals surface area contributed by atoms with Gasteiger partial charge in [-0.25, -0.2) is 4.98 Å². The molecular formula is C11H15FN2O2. The first-order valence-corrected chi connectivity index (χ1v) is 5.22. The summed E-state index contributed by atoms with van der Waals surface area (Å²) in [6, 6.07) is 4.01. The highest BCUT2D eigenvalue weighted by Gasteiger charge is 2.09. The van der Waals surface area contributed by atoms with Gasteiger partial charge < -0.3 is 10.4 Å². The summed E-state index contributed by atoms with van der Waals surface area (Å²) in [5.41, 5.74) is 0.0173. The van der Waals surface area contributed by atoms with Gasteiger partial charge >= 0.3 is 0 Å². The third-order valence-corrected chi connectivity index (χ3v) is 2.07. The van der Waals surface area contributed by atoms with Crippen molar-refractivity contribution >= 4 is 5.91 Å². The molecule has 1 heterocycles. The molecule has 0 bridgehead atoms.